The molecular formula is C21H27N3O6S. The van der Waals surface area contributed by atoms with Crippen molar-refractivity contribution in [3.05, 3.63) is 48.0 Å². The van der Waals surface area contributed by atoms with Gasteiger partial charge in [0, 0.05) is 25.7 Å². The second-order valence-electron chi connectivity index (χ2n) is 6.99. The Morgan fingerprint density at radius 1 is 0.935 bits per heavy atom. The smallest absolute Gasteiger partial charge is 0.282 e. The average Bonchev–Trinajstić information content (AvgIpc) is 2.77. The van der Waals surface area contributed by atoms with Crippen LogP contribution in [-0.2, 0) is 21.5 Å². The molecule has 0 aromatic heterocycles. The number of ether oxygens (including phenoxy) is 3. The molecule has 2 aromatic carbocycles. The van der Waals surface area contributed by atoms with Gasteiger partial charge in [-0.25, -0.2) is 0 Å². The van der Waals surface area contributed by atoms with Gasteiger partial charge < -0.3 is 19.5 Å². The fraction of sp³-hybridized carbons (Fsp3) is 0.381. The molecule has 0 saturated carbocycles. The molecule has 1 N–H and O–H groups in total. The van der Waals surface area contributed by atoms with E-state index in [1.807, 2.05) is 12.1 Å². The number of hydrogen-bond acceptors (Lipinski definition) is 6. The van der Waals surface area contributed by atoms with Crippen molar-refractivity contribution in [3.8, 4) is 17.2 Å². The molecule has 0 unspecified atom stereocenters. The first-order valence-corrected chi connectivity index (χ1v) is 11.2. The predicted molar refractivity (Wildman–Crippen MR) is 117 cm³/mol. The van der Waals surface area contributed by atoms with Crippen LogP contribution >= 0.6 is 0 Å². The van der Waals surface area contributed by atoms with Crippen molar-refractivity contribution in [2.45, 2.75) is 13.0 Å². The molecular weight excluding hydrogens is 422 g/mol. The molecule has 0 spiro atoms. The Morgan fingerprint density at radius 3 is 2.23 bits per heavy atom. The molecule has 1 aliphatic heterocycles. The number of hydrogen-bond donors (Lipinski definition) is 1. The third-order valence-electron chi connectivity index (χ3n) is 4.99. The lowest BCUT2D eigenvalue weighted by molar-refractivity contribution is -0.116. The van der Waals surface area contributed by atoms with Crippen LogP contribution in [-0.4, -0.2) is 63.9 Å². The van der Waals surface area contributed by atoms with Gasteiger partial charge in [0.25, 0.3) is 10.2 Å². The molecule has 10 heteroatoms. The summed E-state index contributed by atoms with van der Waals surface area (Å²) < 4.78 is 44.2. The molecule has 2 aromatic rings. The Hall–Kier alpha value is -2.82. The summed E-state index contributed by atoms with van der Waals surface area (Å²) in [6.45, 7) is 0.640. The van der Waals surface area contributed by atoms with Crippen molar-refractivity contribution in [3.63, 3.8) is 0 Å². The number of benzene rings is 2. The van der Waals surface area contributed by atoms with E-state index < -0.39 is 16.1 Å². The number of nitrogens with zero attached hydrogens (tertiary/aromatic N) is 2. The number of methoxy groups -OCH3 is 3. The second kappa shape index (κ2) is 9.99. The lowest BCUT2D eigenvalue weighted by Gasteiger charge is -2.34. The first-order valence-electron chi connectivity index (χ1n) is 9.77. The van der Waals surface area contributed by atoms with Crippen LogP contribution < -0.4 is 19.5 Å². The van der Waals surface area contributed by atoms with Crippen molar-refractivity contribution in [2.75, 3.05) is 46.3 Å². The molecule has 0 bridgehead atoms. The summed E-state index contributed by atoms with van der Waals surface area (Å²) in [6, 6.07) is 12.2. The zero-order valence-electron chi connectivity index (χ0n) is 17.8. The van der Waals surface area contributed by atoms with Gasteiger partial charge in [0.2, 0.25) is 5.91 Å². The molecule has 0 aliphatic carbocycles. The normalized spacial score (nSPS) is 16.5. The number of anilines is 1. The minimum atomic E-state index is -3.77. The summed E-state index contributed by atoms with van der Waals surface area (Å²) in [4.78, 5) is 12.6. The monoisotopic (exact) mass is 449 g/mol. The lowest BCUT2D eigenvalue weighted by Crippen LogP contribution is -2.51. The van der Waals surface area contributed by atoms with Crippen LogP contribution in [0.25, 0.3) is 0 Å². The highest BCUT2D eigenvalue weighted by molar-refractivity contribution is 7.86. The van der Waals surface area contributed by atoms with E-state index >= 15 is 0 Å². The minimum Gasteiger partial charge on any atom is -0.497 e. The zero-order valence-corrected chi connectivity index (χ0v) is 18.6. The Labute approximate surface area is 182 Å². The summed E-state index contributed by atoms with van der Waals surface area (Å²) in [7, 11) is 0.826. The van der Waals surface area contributed by atoms with Gasteiger partial charge >= 0.3 is 0 Å². The molecule has 168 valence electrons. The first kappa shape index (κ1) is 22.9. The lowest BCUT2D eigenvalue weighted by atomic mass is 10.2. The fourth-order valence-electron chi connectivity index (χ4n) is 3.32. The SMILES string of the molecule is COc1ccc(CN2CCCN(CC(=O)Nc3ccc(OC)cc3OC)S2(=O)=O)cc1. The fourth-order valence-corrected chi connectivity index (χ4v) is 4.96. The third kappa shape index (κ3) is 5.46. The van der Waals surface area contributed by atoms with E-state index in [1.54, 1.807) is 37.4 Å². The van der Waals surface area contributed by atoms with E-state index in [1.165, 1.54) is 22.8 Å². The van der Waals surface area contributed by atoms with Crippen molar-refractivity contribution < 1.29 is 27.4 Å². The van der Waals surface area contributed by atoms with Crippen LogP contribution in [0.2, 0.25) is 0 Å². The minimum absolute atomic E-state index is 0.233. The largest absolute Gasteiger partial charge is 0.497 e. The van der Waals surface area contributed by atoms with E-state index in [-0.39, 0.29) is 19.6 Å². The summed E-state index contributed by atoms with van der Waals surface area (Å²) in [5.41, 5.74) is 1.29. The number of carbonyl (C=O) groups is 1. The predicted octanol–water partition coefficient (Wildman–Crippen LogP) is 2.10. The van der Waals surface area contributed by atoms with E-state index in [9.17, 15) is 13.2 Å². The molecule has 0 radical (unpaired) electrons. The molecule has 9 nitrogen and oxygen atoms in total. The van der Waals surface area contributed by atoms with Crippen LogP contribution in [0, 0.1) is 0 Å². The Balaban J connectivity index is 1.67. The van der Waals surface area contributed by atoms with Gasteiger partial charge in [-0.3, -0.25) is 4.79 Å². The molecule has 3 rings (SSSR count). The van der Waals surface area contributed by atoms with Gasteiger partial charge in [-0.2, -0.15) is 17.0 Å². The average molecular weight is 450 g/mol. The number of carbonyl (C=O) groups excluding carboxylic acids is 1. The summed E-state index contributed by atoms with van der Waals surface area (Å²) in [5.74, 6) is 1.27. The summed E-state index contributed by atoms with van der Waals surface area (Å²) in [6.07, 6.45) is 0.633. The van der Waals surface area contributed by atoms with E-state index in [0.717, 1.165) is 5.56 Å². The van der Waals surface area contributed by atoms with Crippen LogP contribution in [0.5, 0.6) is 17.2 Å². The van der Waals surface area contributed by atoms with E-state index in [0.29, 0.717) is 35.9 Å². The summed E-state index contributed by atoms with van der Waals surface area (Å²) >= 11 is 0. The van der Waals surface area contributed by atoms with Gasteiger partial charge in [0.1, 0.15) is 17.2 Å². The first-order chi connectivity index (χ1) is 14.9. The van der Waals surface area contributed by atoms with E-state index in [4.69, 9.17) is 14.2 Å². The van der Waals surface area contributed by atoms with Gasteiger partial charge in [-0.15, -0.1) is 0 Å². The van der Waals surface area contributed by atoms with Crippen LogP contribution in [0.1, 0.15) is 12.0 Å². The highest BCUT2D eigenvalue weighted by Crippen LogP contribution is 2.29. The number of amides is 1. The molecule has 1 heterocycles. The molecule has 1 saturated heterocycles. The van der Waals surface area contributed by atoms with Crippen LogP contribution in [0.3, 0.4) is 0 Å². The van der Waals surface area contributed by atoms with Gasteiger partial charge in [0.15, 0.2) is 0 Å². The van der Waals surface area contributed by atoms with E-state index in [2.05, 4.69) is 5.32 Å². The molecule has 31 heavy (non-hydrogen) atoms. The van der Waals surface area contributed by atoms with Crippen LogP contribution in [0.4, 0.5) is 5.69 Å². The van der Waals surface area contributed by atoms with Crippen molar-refractivity contribution in [2.24, 2.45) is 0 Å². The highest BCUT2D eigenvalue weighted by atomic mass is 32.2. The Bertz CT molecular complexity index is 1010. The molecule has 0 atom stereocenters. The zero-order chi connectivity index (χ0) is 22.4. The topological polar surface area (TPSA) is 97.4 Å². The maximum absolute atomic E-state index is 13.0. The highest BCUT2D eigenvalue weighted by Gasteiger charge is 2.34. The quantitative estimate of drug-likeness (QED) is 0.663. The maximum Gasteiger partial charge on any atom is 0.282 e. The molecule has 1 fully saturated rings. The van der Waals surface area contributed by atoms with Crippen molar-refractivity contribution >= 4 is 21.8 Å². The van der Waals surface area contributed by atoms with Crippen molar-refractivity contribution in [1.29, 1.82) is 0 Å². The van der Waals surface area contributed by atoms with Gasteiger partial charge in [-0.1, -0.05) is 12.1 Å². The molecule has 1 aliphatic rings. The van der Waals surface area contributed by atoms with Crippen LogP contribution in [0.15, 0.2) is 42.5 Å². The maximum atomic E-state index is 13.0. The van der Waals surface area contributed by atoms with Gasteiger partial charge in [-0.05, 0) is 36.2 Å². The third-order valence-corrected chi connectivity index (χ3v) is 6.92. The van der Waals surface area contributed by atoms with Gasteiger partial charge in [0.05, 0.1) is 33.6 Å². The Kier molecular flexibility index (Phi) is 7.37. The number of nitrogens with one attached hydrogen (secondary N) is 1. The summed E-state index contributed by atoms with van der Waals surface area (Å²) in [5, 5.41) is 2.72. The standard InChI is InChI=1S/C21H27N3O6S/c1-28-17-7-5-16(6-8-17)14-23-11-4-12-24(31(23,26)27)15-21(25)22-19-10-9-18(29-2)13-20(19)30-3/h5-10,13H,4,11-12,14-15H2,1-3H3,(H,22,25). The Morgan fingerprint density at radius 2 is 1.58 bits per heavy atom. The second-order valence-corrected chi connectivity index (χ2v) is 8.92. The number of rotatable bonds is 8. The van der Waals surface area contributed by atoms with Crippen molar-refractivity contribution in [1.82, 2.24) is 8.61 Å². The molecule has 1 amide bonds.